The van der Waals surface area contributed by atoms with Crippen LogP contribution in [0.5, 0.6) is 0 Å². The third-order valence-corrected chi connectivity index (χ3v) is 3.64. The number of thioether (sulfide) groups is 1. The highest BCUT2D eigenvalue weighted by molar-refractivity contribution is 7.99. The minimum absolute atomic E-state index is 0.704. The zero-order chi connectivity index (χ0) is 9.10. The van der Waals surface area contributed by atoms with E-state index in [1.54, 1.807) is 0 Å². The van der Waals surface area contributed by atoms with Crippen molar-refractivity contribution in [3.63, 3.8) is 0 Å². The number of hydrogen-bond acceptors (Lipinski definition) is 3. The Labute approximate surface area is 82.9 Å². The summed E-state index contributed by atoms with van der Waals surface area (Å²) in [5.74, 6) is 0. The van der Waals surface area contributed by atoms with Gasteiger partial charge in [-0.2, -0.15) is 0 Å². The van der Waals surface area contributed by atoms with Crippen molar-refractivity contribution in [2.45, 2.75) is 23.2 Å². The second-order valence-electron chi connectivity index (χ2n) is 3.41. The first-order valence-electron chi connectivity index (χ1n) is 4.71. The maximum atomic E-state index is 4.31. The van der Waals surface area contributed by atoms with Crippen LogP contribution in [0.25, 0.3) is 0 Å². The molecule has 1 aromatic heterocycles. The van der Waals surface area contributed by atoms with Crippen LogP contribution in [0, 0.1) is 0 Å². The first-order valence-corrected chi connectivity index (χ1v) is 5.59. The molecule has 0 radical (unpaired) electrons. The third kappa shape index (κ3) is 2.25. The summed E-state index contributed by atoms with van der Waals surface area (Å²) in [6.45, 7) is 2.30. The monoisotopic (exact) mass is 197 g/mol. The van der Waals surface area contributed by atoms with E-state index in [0.717, 1.165) is 11.7 Å². The number of aromatic nitrogens is 2. The zero-order valence-corrected chi connectivity index (χ0v) is 8.68. The van der Waals surface area contributed by atoms with Gasteiger partial charge >= 0.3 is 0 Å². The summed E-state index contributed by atoms with van der Waals surface area (Å²) in [6.07, 6.45) is 6.46. The summed E-state index contributed by atoms with van der Waals surface area (Å²) in [7, 11) is 2.05. The van der Waals surface area contributed by atoms with Crippen LogP contribution < -0.4 is 5.32 Å². The summed E-state index contributed by atoms with van der Waals surface area (Å²) >= 11 is 1.89. The van der Waals surface area contributed by atoms with Crippen molar-refractivity contribution in [1.29, 1.82) is 0 Å². The Balaban J connectivity index is 1.93. The lowest BCUT2D eigenvalue weighted by Gasteiger charge is -2.21. The molecule has 0 saturated carbocycles. The second-order valence-corrected chi connectivity index (χ2v) is 4.67. The predicted molar refractivity (Wildman–Crippen MR) is 55.0 cm³/mol. The van der Waals surface area contributed by atoms with Crippen molar-refractivity contribution in [3.8, 4) is 0 Å². The van der Waals surface area contributed by atoms with Crippen LogP contribution in [-0.4, -0.2) is 27.9 Å². The van der Waals surface area contributed by atoms with E-state index >= 15 is 0 Å². The lowest BCUT2D eigenvalue weighted by Crippen LogP contribution is -2.31. The van der Waals surface area contributed by atoms with Crippen molar-refractivity contribution in [2.24, 2.45) is 7.05 Å². The SMILES string of the molecule is Cn1ccnc1S[C@H]1CCCNC1. The van der Waals surface area contributed by atoms with Gasteiger partial charge in [0.25, 0.3) is 0 Å². The molecule has 0 aromatic carbocycles. The van der Waals surface area contributed by atoms with E-state index in [4.69, 9.17) is 0 Å². The van der Waals surface area contributed by atoms with Gasteiger partial charge in [0.15, 0.2) is 5.16 Å². The molecule has 0 bridgehead atoms. The van der Waals surface area contributed by atoms with Gasteiger partial charge in [0.05, 0.1) is 0 Å². The second kappa shape index (κ2) is 4.15. The Hall–Kier alpha value is -0.480. The van der Waals surface area contributed by atoms with Gasteiger partial charge in [-0.25, -0.2) is 4.98 Å². The first-order chi connectivity index (χ1) is 6.36. The topological polar surface area (TPSA) is 29.9 Å². The van der Waals surface area contributed by atoms with Crippen LogP contribution in [0.1, 0.15) is 12.8 Å². The van der Waals surface area contributed by atoms with Crippen molar-refractivity contribution in [3.05, 3.63) is 12.4 Å². The normalized spacial score (nSPS) is 23.3. The number of aryl methyl sites for hydroxylation is 1. The fourth-order valence-electron chi connectivity index (χ4n) is 1.53. The number of hydrogen-bond donors (Lipinski definition) is 1. The molecule has 2 heterocycles. The standard InChI is InChI=1S/C9H15N3S/c1-12-6-5-11-9(12)13-8-3-2-4-10-7-8/h5-6,8,10H,2-4,7H2,1H3/t8-/m0/s1. The number of piperidine rings is 1. The smallest absolute Gasteiger partial charge is 0.167 e. The molecule has 1 aromatic rings. The van der Waals surface area contributed by atoms with E-state index in [9.17, 15) is 0 Å². The van der Waals surface area contributed by atoms with Gasteiger partial charge in [0, 0.05) is 31.2 Å². The maximum Gasteiger partial charge on any atom is 0.167 e. The average molecular weight is 197 g/mol. The molecule has 1 fully saturated rings. The molecule has 1 aliphatic heterocycles. The van der Waals surface area contributed by atoms with Gasteiger partial charge in [0.1, 0.15) is 0 Å². The Bertz CT molecular complexity index is 266. The number of rotatable bonds is 2. The van der Waals surface area contributed by atoms with E-state index in [-0.39, 0.29) is 0 Å². The highest BCUT2D eigenvalue weighted by atomic mass is 32.2. The molecule has 72 valence electrons. The zero-order valence-electron chi connectivity index (χ0n) is 7.86. The molecule has 1 saturated heterocycles. The Morgan fingerprint density at radius 3 is 3.23 bits per heavy atom. The van der Waals surface area contributed by atoms with Crippen LogP contribution in [0.15, 0.2) is 17.6 Å². The molecule has 0 unspecified atom stereocenters. The van der Waals surface area contributed by atoms with Crippen LogP contribution in [0.2, 0.25) is 0 Å². The lowest BCUT2D eigenvalue weighted by molar-refractivity contribution is 0.530. The largest absolute Gasteiger partial charge is 0.329 e. The van der Waals surface area contributed by atoms with Gasteiger partial charge < -0.3 is 9.88 Å². The summed E-state index contributed by atoms with van der Waals surface area (Å²) in [5, 5.41) is 5.25. The maximum absolute atomic E-state index is 4.31. The molecule has 1 N–H and O–H groups in total. The minimum Gasteiger partial charge on any atom is -0.329 e. The minimum atomic E-state index is 0.704. The van der Waals surface area contributed by atoms with Gasteiger partial charge in [-0.1, -0.05) is 11.8 Å². The van der Waals surface area contributed by atoms with Crippen molar-refractivity contribution in [1.82, 2.24) is 14.9 Å². The summed E-state index contributed by atoms with van der Waals surface area (Å²) in [5.41, 5.74) is 0. The van der Waals surface area contributed by atoms with Crippen molar-refractivity contribution < 1.29 is 0 Å². The highest BCUT2D eigenvalue weighted by Crippen LogP contribution is 2.25. The van der Waals surface area contributed by atoms with Crippen molar-refractivity contribution >= 4 is 11.8 Å². The molecule has 0 aliphatic carbocycles. The molecule has 1 atom stereocenters. The fraction of sp³-hybridized carbons (Fsp3) is 0.667. The molecule has 3 nitrogen and oxygen atoms in total. The van der Waals surface area contributed by atoms with Gasteiger partial charge in [-0.3, -0.25) is 0 Å². The van der Waals surface area contributed by atoms with Crippen LogP contribution in [0.3, 0.4) is 0 Å². The third-order valence-electron chi connectivity index (χ3n) is 2.30. The van der Waals surface area contributed by atoms with E-state index in [0.29, 0.717) is 5.25 Å². The van der Waals surface area contributed by atoms with Gasteiger partial charge in [-0.15, -0.1) is 0 Å². The van der Waals surface area contributed by atoms with Crippen LogP contribution in [-0.2, 0) is 7.05 Å². The summed E-state index contributed by atoms with van der Waals surface area (Å²) in [6, 6.07) is 0. The Morgan fingerprint density at radius 1 is 1.69 bits per heavy atom. The predicted octanol–water partition coefficient (Wildman–Crippen LogP) is 1.26. The van der Waals surface area contributed by atoms with Crippen LogP contribution in [0.4, 0.5) is 0 Å². The molecular formula is C9H15N3S. The molecular weight excluding hydrogens is 182 g/mol. The average Bonchev–Trinajstić information content (AvgIpc) is 2.54. The van der Waals surface area contributed by atoms with E-state index in [1.165, 1.54) is 19.4 Å². The van der Waals surface area contributed by atoms with E-state index < -0.39 is 0 Å². The molecule has 4 heteroatoms. The Kier molecular flexibility index (Phi) is 2.90. The molecule has 2 rings (SSSR count). The van der Waals surface area contributed by atoms with Gasteiger partial charge in [-0.05, 0) is 19.4 Å². The van der Waals surface area contributed by atoms with E-state index in [2.05, 4.69) is 14.9 Å². The molecule has 1 aliphatic rings. The Morgan fingerprint density at radius 2 is 2.62 bits per heavy atom. The van der Waals surface area contributed by atoms with Crippen LogP contribution >= 0.6 is 11.8 Å². The highest BCUT2D eigenvalue weighted by Gasteiger charge is 2.15. The molecule has 0 spiro atoms. The summed E-state index contributed by atoms with van der Waals surface area (Å²) in [4.78, 5) is 4.31. The molecule has 0 amide bonds. The van der Waals surface area contributed by atoms with Gasteiger partial charge in [0.2, 0.25) is 0 Å². The quantitative estimate of drug-likeness (QED) is 0.774. The number of nitrogens with zero attached hydrogens (tertiary/aromatic N) is 2. The molecule has 13 heavy (non-hydrogen) atoms. The number of imidazole rings is 1. The number of nitrogens with one attached hydrogen (secondary N) is 1. The first kappa shape index (κ1) is 9.09. The van der Waals surface area contributed by atoms with Crippen molar-refractivity contribution in [2.75, 3.05) is 13.1 Å². The summed E-state index contributed by atoms with van der Waals surface area (Å²) < 4.78 is 2.08. The fourth-order valence-corrected chi connectivity index (χ4v) is 2.67. The lowest BCUT2D eigenvalue weighted by atomic mass is 10.2. The van der Waals surface area contributed by atoms with E-state index in [1.807, 2.05) is 31.2 Å².